The Morgan fingerprint density at radius 2 is 1.77 bits per heavy atom. The summed E-state index contributed by atoms with van der Waals surface area (Å²) in [6.45, 7) is 1.28. The quantitative estimate of drug-likeness (QED) is 0.655. The number of halogens is 1. The Bertz CT molecular complexity index is 562. The molecule has 4 N–H and O–H groups in total. The van der Waals surface area contributed by atoms with E-state index >= 15 is 0 Å². The van der Waals surface area contributed by atoms with Crippen molar-refractivity contribution in [2.24, 2.45) is 5.73 Å². The summed E-state index contributed by atoms with van der Waals surface area (Å²) in [6, 6.07) is 17.6. The predicted molar refractivity (Wildman–Crippen MR) is 92.2 cm³/mol. The zero-order chi connectivity index (χ0) is 15.8. The minimum Gasteiger partial charge on any atom is -0.390 e. The maximum Gasteiger partial charge on any atom is 0.0818 e. The zero-order valence-corrected chi connectivity index (χ0v) is 13.3. The number of hydrogen-bond donors (Lipinski definition) is 3. The van der Waals surface area contributed by atoms with Crippen molar-refractivity contribution < 1.29 is 5.11 Å². The molecule has 22 heavy (non-hydrogen) atoms. The van der Waals surface area contributed by atoms with Crippen molar-refractivity contribution in [1.29, 1.82) is 0 Å². The van der Waals surface area contributed by atoms with E-state index in [0.29, 0.717) is 13.0 Å². The lowest BCUT2D eigenvalue weighted by molar-refractivity contribution is 0.142. The van der Waals surface area contributed by atoms with E-state index in [1.165, 1.54) is 5.56 Å². The number of nitrogens with one attached hydrogen (secondary N) is 1. The van der Waals surface area contributed by atoms with E-state index in [1.54, 1.807) is 0 Å². The van der Waals surface area contributed by atoms with Gasteiger partial charge in [0.2, 0.25) is 0 Å². The van der Waals surface area contributed by atoms with Gasteiger partial charge < -0.3 is 16.2 Å². The summed E-state index contributed by atoms with van der Waals surface area (Å²) >= 11 is 5.95. The van der Waals surface area contributed by atoms with Gasteiger partial charge in [-0.1, -0.05) is 54.1 Å². The average molecular weight is 319 g/mol. The van der Waals surface area contributed by atoms with Gasteiger partial charge in [-0.25, -0.2) is 0 Å². The highest BCUT2D eigenvalue weighted by Gasteiger charge is 2.14. The highest BCUT2D eigenvalue weighted by atomic mass is 35.5. The first-order valence-electron chi connectivity index (χ1n) is 7.58. The number of aliphatic hydroxyl groups is 1. The molecule has 0 heterocycles. The highest BCUT2D eigenvalue weighted by molar-refractivity contribution is 6.30. The lowest BCUT2D eigenvalue weighted by Gasteiger charge is -2.19. The topological polar surface area (TPSA) is 58.3 Å². The lowest BCUT2D eigenvalue weighted by atomic mass is 10.0. The molecule has 2 atom stereocenters. The molecule has 0 fully saturated rings. The van der Waals surface area contributed by atoms with Gasteiger partial charge in [-0.15, -0.1) is 0 Å². The summed E-state index contributed by atoms with van der Waals surface area (Å²) < 4.78 is 0. The highest BCUT2D eigenvalue weighted by Crippen LogP contribution is 2.10. The first-order chi connectivity index (χ1) is 10.6. The van der Waals surface area contributed by atoms with Crippen LogP contribution in [0.1, 0.15) is 11.1 Å². The molecule has 0 aliphatic rings. The third-order valence-electron chi connectivity index (χ3n) is 3.64. The minimum atomic E-state index is -0.556. The smallest absolute Gasteiger partial charge is 0.0818 e. The minimum absolute atomic E-state index is 0.263. The van der Waals surface area contributed by atoms with Crippen molar-refractivity contribution in [2.45, 2.75) is 25.0 Å². The van der Waals surface area contributed by atoms with Gasteiger partial charge in [0.05, 0.1) is 6.10 Å². The Hall–Kier alpha value is -1.39. The Balaban J connectivity index is 1.67. The summed E-state index contributed by atoms with van der Waals surface area (Å²) in [7, 11) is 0. The average Bonchev–Trinajstić information content (AvgIpc) is 2.52. The monoisotopic (exact) mass is 318 g/mol. The Morgan fingerprint density at radius 3 is 2.50 bits per heavy atom. The van der Waals surface area contributed by atoms with E-state index in [1.807, 2.05) is 54.6 Å². The van der Waals surface area contributed by atoms with Crippen LogP contribution in [-0.2, 0) is 12.8 Å². The fraction of sp³-hybridized carbons (Fsp3) is 0.333. The third-order valence-corrected chi connectivity index (χ3v) is 3.88. The van der Waals surface area contributed by atoms with Gasteiger partial charge in [-0.3, -0.25) is 0 Å². The van der Waals surface area contributed by atoms with Gasteiger partial charge in [-0.2, -0.15) is 0 Å². The molecule has 2 aromatic carbocycles. The van der Waals surface area contributed by atoms with E-state index in [-0.39, 0.29) is 6.04 Å². The van der Waals surface area contributed by atoms with Crippen LogP contribution in [0.3, 0.4) is 0 Å². The maximum atomic E-state index is 10.1. The van der Waals surface area contributed by atoms with E-state index < -0.39 is 6.10 Å². The summed E-state index contributed by atoms with van der Waals surface area (Å²) in [6.07, 6.45) is 0.999. The van der Waals surface area contributed by atoms with Crippen LogP contribution in [0, 0.1) is 0 Å². The third kappa shape index (κ3) is 5.78. The zero-order valence-electron chi connectivity index (χ0n) is 12.6. The molecule has 0 radical (unpaired) electrons. The van der Waals surface area contributed by atoms with E-state index in [0.717, 1.165) is 23.6 Å². The molecule has 0 aromatic heterocycles. The molecule has 3 nitrogen and oxygen atoms in total. The van der Waals surface area contributed by atoms with E-state index in [4.69, 9.17) is 17.3 Å². The van der Waals surface area contributed by atoms with Crippen molar-refractivity contribution in [2.75, 3.05) is 13.1 Å². The first kappa shape index (κ1) is 17.0. The number of hydrogen-bond acceptors (Lipinski definition) is 3. The van der Waals surface area contributed by atoms with Gasteiger partial charge in [0, 0.05) is 17.6 Å². The second-order valence-corrected chi connectivity index (χ2v) is 5.94. The molecule has 0 saturated heterocycles. The molecule has 0 spiro atoms. The van der Waals surface area contributed by atoms with Gasteiger partial charge in [0.25, 0.3) is 0 Å². The van der Waals surface area contributed by atoms with Crippen molar-refractivity contribution >= 4 is 11.6 Å². The molecule has 0 amide bonds. The van der Waals surface area contributed by atoms with Crippen molar-refractivity contribution in [3.05, 3.63) is 70.7 Å². The van der Waals surface area contributed by atoms with Crippen LogP contribution in [-0.4, -0.2) is 30.3 Å². The van der Waals surface area contributed by atoms with Gasteiger partial charge in [-0.05, 0) is 42.6 Å². The molecule has 0 saturated carbocycles. The standard InChI is InChI=1S/C18H23ClN2O/c19-16-8-4-7-15(11-16)9-10-21-13-18(22)17(20)12-14-5-2-1-3-6-14/h1-8,11,17-18,21-22H,9-10,12-13,20H2/t17-,18+/m0/s1. The van der Waals surface area contributed by atoms with E-state index in [9.17, 15) is 5.11 Å². The largest absolute Gasteiger partial charge is 0.390 e. The molecule has 0 aliphatic carbocycles. The SMILES string of the molecule is N[C@@H](Cc1ccccc1)[C@H](O)CNCCc1cccc(Cl)c1. The van der Waals surface area contributed by atoms with Crippen LogP contribution in [0.25, 0.3) is 0 Å². The second kappa shape index (κ2) is 8.91. The van der Waals surface area contributed by atoms with Crippen LogP contribution < -0.4 is 11.1 Å². The Kier molecular flexibility index (Phi) is 6.87. The number of aliphatic hydroxyl groups excluding tert-OH is 1. The lowest BCUT2D eigenvalue weighted by Crippen LogP contribution is -2.43. The Labute approximate surface area is 137 Å². The second-order valence-electron chi connectivity index (χ2n) is 5.50. The van der Waals surface area contributed by atoms with Gasteiger partial charge >= 0.3 is 0 Å². The molecular formula is C18H23ClN2O. The van der Waals surface area contributed by atoms with Gasteiger partial charge in [0.1, 0.15) is 0 Å². The maximum absolute atomic E-state index is 10.1. The molecule has 0 bridgehead atoms. The number of rotatable bonds is 8. The van der Waals surface area contributed by atoms with Crippen LogP contribution >= 0.6 is 11.6 Å². The fourth-order valence-corrected chi connectivity index (χ4v) is 2.56. The van der Waals surface area contributed by atoms with Crippen LogP contribution in [0.2, 0.25) is 5.02 Å². The number of benzene rings is 2. The summed E-state index contributed by atoms with van der Waals surface area (Å²) in [5.41, 5.74) is 8.38. The summed E-state index contributed by atoms with van der Waals surface area (Å²) in [5, 5.41) is 14.1. The summed E-state index contributed by atoms with van der Waals surface area (Å²) in [4.78, 5) is 0. The van der Waals surface area contributed by atoms with Crippen molar-refractivity contribution in [3.8, 4) is 0 Å². The van der Waals surface area contributed by atoms with Crippen LogP contribution in [0.5, 0.6) is 0 Å². The molecule has 2 rings (SSSR count). The first-order valence-corrected chi connectivity index (χ1v) is 7.95. The fourth-order valence-electron chi connectivity index (χ4n) is 2.35. The van der Waals surface area contributed by atoms with Crippen LogP contribution in [0.15, 0.2) is 54.6 Å². The molecule has 0 unspecified atom stereocenters. The molecular weight excluding hydrogens is 296 g/mol. The molecule has 4 heteroatoms. The van der Waals surface area contributed by atoms with Crippen molar-refractivity contribution in [1.82, 2.24) is 5.32 Å². The van der Waals surface area contributed by atoms with Gasteiger partial charge in [0.15, 0.2) is 0 Å². The summed E-state index contributed by atoms with van der Waals surface area (Å²) in [5.74, 6) is 0. The van der Waals surface area contributed by atoms with Crippen molar-refractivity contribution in [3.63, 3.8) is 0 Å². The molecule has 2 aromatic rings. The molecule has 118 valence electrons. The predicted octanol–water partition coefficient (Wildman–Crippen LogP) is 2.40. The van der Waals surface area contributed by atoms with E-state index in [2.05, 4.69) is 5.32 Å². The normalized spacial score (nSPS) is 13.8. The van der Waals surface area contributed by atoms with Crippen LogP contribution in [0.4, 0.5) is 0 Å². The molecule has 0 aliphatic heterocycles. The number of nitrogens with two attached hydrogens (primary N) is 1. The Morgan fingerprint density at radius 1 is 1.05 bits per heavy atom.